The molecule has 4 aromatic heterocycles. The fourth-order valence-electron chi connectivity index (χ4n) is 8.38. The van der Waals surface area contributed by atoms with Crippen molar-refractivity contribution in [3.63, 3.8) is 0 Å². The predicted molar refractivity (Wildman–Crippen MR) is 273 cm³/mol. The zero-order valence-corrected chi connectivity index (χ0v) is 42.2. The minimum absolute atomic E-state index is 0.554. The molecule has 62 heavy (non-hydrogen) atoms. The topological polar surface area (TPSA) is 9.23 Å². The molecule has 1 saturated heterocycles. The number of rotatable bonds is 8. The van der Waals surface area contributed by atoms with Gasteiger partial charge in [0, 0.05) is 0 Å². The summed E-state index contributed by atoms with van der Waals surface area (Å²) < 4.78 is 12.6. The number of hydrogen-bond donors (Lipinski definition) is 0. The van der Waals surface area contributed by atoms with Gasteiger partial charge in [0.25, 0.3) is 0 Å². The Morgan fingerprint density at radius 3 is 1.65 bits per heavy atom. The number of thiophene rings is 4. The fraction of sp³-hybridized carbons (Fsp3) is 0.145. The van der Waals surface area contributed by atoms with Crippen LogP contribution in [0.25, 0.3) is 47.1 Å². The van der Waals surface area contributed by atoms with E-state index in [1.54, 1.807) is 17.9 Å². The number of benzene rings is 4. The molecule has 1 fully saturated rings. The van der Waals surface area contributed by atoms with Crippen molar-refractivity contribution in [2.24, 2.45) is 0 Å². The van der Waals surface area contributed by atoms with Crippen LogP contribution in [0, 0.1) is 43.9 Å². The van der Waals surface area contributed by atoms with Gasteiger partial charge in [-0.25, -0.2) is 0 Å². The Morgan fingerprint density at radius 2 is 1.16 bits per heavy atom. The third-order valence-electron chi connectivity index (χ3n) is 11.7. The molecule has 1 nitrogen and oxygen atoms in total. The van der Waals surface area contributed by atoms with Crippen LogP contribution in [0.15, 0.2) is 156 Å². The molecular formula is C55H45OOsPS4+. The van der Waals surface area contributed by atoms with Gasteiger partial charge in [0.1, 0.15) is 0 Å². The molecule has 8 aromatic rings. The van der Waals surface area contributed by atoms with Crippen LogP contribution >= 0.6 is 52.6 Å². The SMILES string of the molecule is CC=C1COCC1=CC(C#Cc1cc2c(-c3cc(C)c(C)s3)c3sc(/C=C/C)cc3c(-c3cc(C)c(C)s3)c2s1)=C([C]#[Os])[P+](c1ccccc1)(c1ccccc1)c1ccccc1. The third-order valence-corrected chi connectivity index (χ3v) is 21.6. The van der Waals surface area contributed by atoms with E-state index >= 15 is 0 Å². The second kappa shape index (κ2) is 18.3. The molecule has 307 valence electrons. The summed E-state index contributed by atoms with van der Waals surface area (Å²) in [4.78, 5) is 7.68. The molecule has 0 radical (unpaired) electrons. The third kappa shape index (κ3) is 7.80. The van der Waals surface area contributed by atoms with Gasteiger partial charge in [-0.15, -0.1) is 0 Å². The van der Waals surface area contributed by atoms with Gasteiger partial charge < -0.3 is 0 Å². The van der Waals surface area contributed by atoms with Crippen molar-refractivity contribution in [3.8, 4) is 37.1 Å². The maximum absolute atomic E-state index is 6.09. The van der Waals surface area contributed by atoms with Crippen LogP contribution in [0.5, 0.6) is 0 Å². The van der Waals surface area contributed by atoms with Gasteiger partial charge in [0.05, 0.1) is 0 Å². The molecule has 5 heterocycles. The summed E-state index contributed by atoms with van der Waals surface area (Å²) in [6.45, 7) is 14.3. The summed E-state index contributed by atoms with van der Waals surface area (Å²) in [6, 6.07) is 42.7. The molecule has 0 aliphatic carbocycles. The average Bonchev–Trinajstić information content (AvgIpc) is 4.14. The van der Waals surface area contributed by atoms with Crippen molar-refractivity contribution in [2.75, 3.05) is 13.2 Å². The summed E-state index contributed by atoms with van der Waals surface area (Å²) in [5, 5.41) is 7.55. The molecule has 9 rings (SSSR count). The number of hydrogen-bond acceptors (Lipinski definition) is 5. The van der Waals surface area contributed by atoms with Crippen molar-refractivity contribution < 1.29 is 22.7 Å². The molecule has 0 unspecified atom stereocenters. The number of allylic oxidation sites excluding steroid dienone is 5. The van der Waals surface area contributed by atoms with Crippen LogP contribution in [0.2, 0.25) is 0 Å². The zero-order valence-electron chi connectivity index (χ0n) is 35.5. The fourth-order valence-corrected chi connectivity index (χ4v) is 18.8. The van der Waals surface area contributed by atoms with E-state index in [1.807, 2.05) is 45.3 Å². The first-order valence-electron chi connectivity index (χ1n) is 20.7. The summed E-state index contributed by atoms with van der Waals surface area (Å²) in [5.41, 5.74) is 8.69. The molecule has 4 aromatic carbocycles. The quantitative estimate of drug-likeness (QED) is 0.109. The van der Waals surface area contributed by atoms with E-state index in [-0.39, 0.29) is 0 Å². The molecular weight excluding hydrogens is 1030 g/mol. The predicted octanol–water partition coefficient (Wildman–Crippen LogP) is 14.8. The van der Waals surface area contributed by atoms with E-state index in [9.17, 15) is 0 Å². The molecule has 7 heteroatoms. The van der Waals surface area contributed by atoms with Gasteiger partial charge in [-0.3, -0.25) is 0 Å². The molecule has 0 bridgehead atoms. The number of fused-ring (bicyclic) bond motifs is 2. The van der Waals surface area contributed by atoms with Gasteiger partial charge in [-0.05, 0) is 40.7 Å². The van der Waals surface area contributed by atoms with Gasteiger partial charge >= 0.3 is 349 Å². The van der Waals surface area contributed by atoms with Gasteiger partial charge in [0.15, 0.2) is 0 Å². The number of ether oxygens (including phenoxy) is 1. The van der Waals surface area contributed by atoms with E-state index in [0.717, 1.165) is 15.8 Å². The maximum atomic E-state index is 6.09. The van der Waals surface area contributed by atoms with Crippen molar-refractivity contribution in [3.05, 3.63) is 186 Å². The first-order valence-corrected chi connectivity index (χ1v) is 27.0. The van der Waals surface area contributed by atoms with Crippen molar-refractivity contribution >= 4 is 94.8 Å². The molecule has 1 aliphatic heterocycles. The molecule has 0 spiro atoms. The summed E-state index contributed by atoms with van der Waals surface area (Å²) >= 11 is 9.34. The standard InChI is InChI=1S/C55H45OPS4.Os/c1-8-19-46-31-48-52(50-28-35(3)38(6)58-50)55-49(53(54(48)60-46)51-29-36(4)39(7)59-51)32-47(61-55)27-26-41(30-42-34-56-33-40(42)9-2)37(5)57(43-20-13-10-14-21-43,44-22-15-11-16-23-44)45-24-17-12-18-25-45;/h8-25,28-32H,33-34H2,1-4,6-7H3;/q+1;/b19-8+,40-9?,41-37?,42-30?;. The van der Waals surface area contributed by atoms with Crippen LogP contribution in [0.4, 0.5) is 0 Å². The Hall–Kier alpha value is -4.47. The molecule has 1 aliphatic rings. The summed E-state index contributed by atoms with van der Waals surface area (Å²) in [7, 11) is -2.52. The molecule has 0 amide bonds. The van der Waals surface area contributed by atoms with Crippen LogP contribution in [0.3, 0.4) is 0 Å². The van der Waals surface area contributed by atoms with E-state index in [4.69, 9.17) is 4.74 Å². The van der Waals surface area contributed by atoms with Crippen LogP contribution in [-0.2, 0) is 22.7 Å². The molecule has 0 N–H and O–H groups in total. The van der Waals surface area contributed by atoms with Crippen LogP contribution in [0.1, 0.15) is 44.5 Å². The van der Waals surface area contributed by atoms with Gasteiger partial charge in [-0.2, -0.15) is 0 Å². The van der Waals surface area contributed by atoms with Gasteiger partial charge in [0.2, 0.25) is 0 Å². The summed E-state index contributed by atoms with van der Waals surface area (Å²) in [5.74, 6) is 7.73. The normalized spacial score (nSPS) is 14.9. The Labute approximate surface area is 392 Å². The summed E-state index contributed by atoms with van der Waals surface area (Å²) in [6.07, 6.45) is 8.90. The van der Waals surface area contributed by atoms with Crippen LogP contribution in [-0.4, -0.2) is 13.2 Å². The van der Waals surface area contributed by atoms with E-state index in [2.05, 4.69) is 197 Å². The van der Waals surface area contributed by atoms with Crippen molar-refractivity contribution in [1.82, 2.24) is 0 Å². The molecule has 0 saturated carbocycles. The Bertz CT molecular complexity index is 2990. The van der Waals surface area contributed by atoms with Crippen LogP contribution < -0.4 is 15.9 Å². The zero-order chi connectivity index (χ0) is 43.0. The second-order valence-corrected chi connectivity index (χ2v) is 24.1. The van der Waals surface area contributed by atoms with Crippen molar-refractivity contribution in [2.45, 2.75) is 41.5 Å². The second-order valence-electron chi connectivity index (χ2n) is 15.4. The molecule has 0 atom stereocenters. The minimum atomic E-state index is -2.52. The average molecular weight is 1070 g/mol. The Balaban J connectivity index is 1.38. The van der Waals surface area contributed by atoms with E-state index in [0.29, 0.717) is 13.2 Å². The van der Waals surface area contributed by atoms with E-state index < -0.39 is 7.26 Å². The number of aryl methyl sites for hydroxylation is 4. The van der Waals surface area contributed by atoms with Crippen molar-refractivity contribution in [1.29, 1.82) is 0 Å². The first-order chi connectivity index (χ1) is 30.2. The monoisotopic (exact) mass is 1070 g/mol. The first kappa shape index (κ1) is 42.8. The Morgan fingerprint density at radius 1 is 0.645 bits per heavy atom. The van der Waals surface area contributed by atoms with Gasteiger partial charge in [-0.1, -0.05) is 6.08 Å². The van der Waals surface area contributed by atoms with E-state index in [1.165, 1.54) is 93.9 Å². The Kier molecular flexibility index (Phi) is 12.7.